The molecule has 0 unspecified atom stereocenters. The third-order valence-electron chi connectivity index (χ3n) is 3.59. The molecule has 0 spiro atoms. The van der Waals surface area contributed by atoms with Gasteiger partial charge in [-0.15, -0.1) is 6.42 Å². The van der Waals surface area contributed by atoms with Crippen LogP contribution in [-0.4, -0.2) is 19.2 Å². The molecule has 0 saturated carbocycles. The van der Waals surface area contributed by atoms with E-state index < -0.39 is 6.09 Å². The van der Waals surface area contributed by atoms with Crippen LogP contribution in [0.25, 0.3) is 0 Å². The van der Waals surface area contributed by atoms with Crippen LogP contribution in [0, 0.1) is 12.3 Å². The second-order valence-electron chi connectivity index (χ2n) is 4.98. The first kappa shape index (κ1) is 14.4. The molecule has 0 bridgehead atoms. The highest BCUT2D eigenvalue weighted by Crippen LogP contribution is 2.31. The third-order valence-corrected chi connectivity index (χ3v) is 3.59. The predicted molar refractivity (Wildman–Crippen MR) is 78.2 cm³/mol. The van der Waals surface area contributed by atoms with E-state index in [2.05, 4.69) is 29.4 Å². The maximum absolute atomic E-state index is 10.5. The number of carbonyl (C=O) groups excluding carboxylic acids is 1. The zero-order valence-corrected chi connectivity index (χ0v) is 11.5. The Hall–Kier alpha value is -1.99. The number of aryl methyl sites for hydroxylation is 2. The summed E-state index contributed by atoms with van der Waals surface area (Å²) in [5.74, 6) is 2.62. The first-order chi connectivity index (χ1) is 9.70. The summed E-state index contributed by atoms with van der Waals surface area (Å²) in [6, 6.07) is 6.94. The molecule has 4 heteroatoms. The van der Waals surface area contributed by atoms with Crippen LogP contribution in [0.1, 0.15) is 35.6 Å². The zero-order chi connectivity index (χ0) is 14.4. The van der Waals surface area contributed by atoms with Crippen LogP contribution >= 0.6 is 0 Å². The van der Waals surface area contributed by atoms with Crippen LogP contribution in [0.3, 0.4) is 0 Å². The number of terminal acetylenes is 1. The summed E-state index contributed by atoms with van der Waals surface area (Å²) in [6.45, 7) is 0.964. The second-order valence-corrected chi connectivity index (χ2v) is 4.98. The van der Waals surface area contributed by atoms with Crippen LogP contribution in [-0.2, 0) is 17.6 Å². The molecule has 0 aliphatic heterocycles. The van der Waals surface area contributed by atoms with E-state index in [1.165, 1.54) is 16.7 Å². The Morgan fingerprint density at radius 1 is 1.55 bits per heavy atom. The summed E-state index contributed by atoms with van der Waals surface area (Å²) in [7, 11) is 0. The molecule has 1 atom stereocenters. The Bertz CT molecular complexity index is 520. The van der Waals surface area contributed by atoms with Crippen molar-refractivity contribution >= 4 is 6.09 Å². The number of fused-ring (bicyclic) bond motifs is 1. The topological polar surface area (TPSA) is 64.3 Å². The van der Waals surface area contributed by atoms with Crippen molar-refractivity contribution in [2.45, 2.75) is 31.7 Å². The van der Waals surface area contributed by atoms with E-state index in [4.69, 9.17) is 16.9 Å². The van der Waals surface area contributed by atoms with Crippen molar-refractivity contribution in [2.24, 2.45) is 5.73 Å². The van der Waals surface area contributed by atoms with Gasteiger partial charge in [0.15, 0.2) is 0 Å². The summed E-state index contributed by atoms with van der Waals surface area (Å²) in [5.41, 5.74) is 8.94. The minimum atomic E-state index is -0.711. The minimum absolute atomic E-state index is 0.364. The molecule has 4 nitrogen and oxygen atoms in total. The Balaban J connectivity index is 1.93. The number of ether oxygens (including phenoxy) is 1. The third kappa shape index (κ3) is 3.75. The maximum Gasteiger partial charge on any atom is 0.404 e. The lowest BCUT2D eigenvalue weighted by Crippen LogP contribution is -2.19. The molecule has 20 heavy (non-hydrogen) atoms. The quantitative estimate of drug-likeness (QED) is 0.614. The molecule has 1 aromatic carbocycles. The van der Waals surface area contributed by atoms with Gasteiger partial charge in [0, 0.05) is 6.04 Å². The second kappa shape index (κ2) is 6.97. The molecule has 0 aromatic heterocycles. The fourth-order valence-electron chi connectivity index (χ4n) is 2.65. The highest BCUT2D eigenvalue weighted by Gasteiger charge is 2.21. The normalized spacial score (nSPS) is 16.4. The summed E-state index contributed by atoms with van der Waals surface area (Å²) >= 11 is 0. The van der Waals surface area contributed by atoms with Gasteiger partial charge in [-0.05, 0) is 42.4 Å². The minimum Gasteiger partial charge on any atom is -0.450 e. The Morgan fingerprint density at radius 3 is 3.15 bits per heavy atom. The van der Waals surface area contributed by atoms with E-state index in [0.29, 0.717) is 19.2 Å². The Morgan fingerprint density at radius 2 is 2.40 bits per heavy atom. The fraction of sp³-hybridized carbons (Fsp3) is 0.438. The Labute approximate surface area is 119 Å². The molecule has 3 N–H and O–H groups in total. The summed E-state index contributed by atoms with van der Waals surface area (Å²) < 4.78 is 4.73. The lowest BCUT2D eigenvalue weighted by atomic mass is 10.0. The number of carbonyl (C=O) groups is 1. The zero-order valence-electron chi connectivity index (χ0n) is 11.5. The van der Waals surface area contributed by atoms with Gasteiger partial charge in [0.2, 0.25) is 0 Å². The van der Waals surface area contributed by atoms with Gasteiger partial charge in [0.25, 0.3) is 0 Å². The van der Waals surface area contributed by atoms with Crippen LogP contribution in [0.2, 0.25) is 0 Å². The SMILES string of the molecule is C#CCN[C@@H]1CCc2ccc(CCCOC(N)=O)cc21. The molecule has 0 heterocycles. The van der Waals surface area contributed by atoms with Crippen LogP contribution in [0.5, 0.6) is 0 Å². The van der Waals surface area contributed by atoms with Crippen LogP contribution < -0.4 is 11.1 Å². The van der Waals surface area contributed by atoms with Gasteiger partial charge in [-0.25, -0.2) is 4.79 Å². The van der Waals surface area contributed by atoms with Gasteiger partial charge in [-0.1, -0.05) is 24.1 Å². The van der Waals surface area contributed by atoms with Gasteiger partial charge in [-0.3, -0.25) is 5.32 Å². The van der Waals surface area contributed by atoms with Crippen LogP contribution in [0.15, 0.2) is 18.2 Å². The van der Waals surface area contributed by atoms with Gasteiger partial charge < -0.3 is 10.5 Å². The first-order valence-corrected chi connectivity index (χ1v) is 6.91. The number of benzene rings is 1. The molecule has 2 rings (SSSR count). The number of amides is 1. The van der Waals surface area contributed by atoms with Gasteiger partial charge in [-0.2, -0.15) is 0 Å². The average molecular weight is 272 g/mol. The van der Waals surface area contributed by atoms with E-state index in [9.17, 15) is 4.79 Å². The molecule has 1 aliphatic carbocycles. The van der Waals surface area contributed by atoms with E-state index in [0.717, 1.165) is 25.7 Å². The van der Waals surface area contributed by atoms with Crippen molar-refractivity contribution in [2.75, 3.05) is 13.2 Å². The Kier molecular flexibility index (Phi) is 5.03. The molecule has 1 amide bonds. The molecule has 1 aliphatic rings. The van der Waals surface area contributed by atoms with Crippen molar-refractivity contribution in [3.8, 4) is 12.3 Å². The number of nitrogens with two attached hydrogens (primary N) is 1. The number of primary amides is 1. The molecule has 0 radical (unpaired) electrons. The van der Waals surface area contributed by atoms with Crippen molar-refractivity contribution in [3.63, 3.8) is 0 Å². The van der Waals surface area contributed by atoms with Crippen LogP contribution in [0.4, 0.5) is 4.79 Å². The largest absolute Gasteiger partial charge is 0.450 e. The number of rotatable bonds is 6. The average Bonchev–Trinajstić information content (AvgIpc) is 2.83. The van der Waals surface area contributed by atoms with Crippen molar-refractivity contribution in [3.05, 3.63) is 34.9 Å². The van der Waals surface area contributed by atoms with Crippen molar-refractivity contribution in [1.82, 2.24) is 5.32 Å². The van der Waals surface area contributed by atoms with E-state index in [1.807, 2.05) is 0 Å². The predicted octanol–water partition coefficient (Wildman–Crippen LogP) is 1.92. The molecule has 106 valence electrons. The molecular weight excluding hydrogens is 252 g/mol. The van der Waals surface area contributed by atoms with E-state index >= 15 is 0 Å². The maximum atomic E-state index is 10.5. The summed E-state index contributed by atoms with van der Waals surface area (Å²) in [4.78, 5) is 10.5. The van der Waals surface area contributed by atoms with Gasteiger partial charge in [0.05, 0.1) is 13.2 Å². The van der Waals surface area contributed by atoms with Crippen molar-refractivity contribution in [1.29, 1.82) is 0 Å². The lowest BCUT2D eigenvalue weighted by molar-refractivity contribution is 0.155. The summed E-state index contributed by atoms with van der Waals surface area (Å²) in [5, 5.41) is 3.37. The van der Waals surface area contributed by atoms with Crippen molar-refractivity contribution < 1.29 is 9.53 Å². The highest BCUT2D eigenvalue weighted by atomic mass is 16.5. The highest BCUT2D eigenvalue weighted by molar-refractivity contribution is 5.64. The monoisotopic (exact) mass is 272 g/mol. The van der Waals surface area contributed by atoms with E-state index in [1.54, 1.807) is 0 Å². The van der Waals surface area contributed by atoms with Gasteiger partial charge >= 0.3 is 6.09 Å². The number of nitrogens with one attached hydrogen (secondary N) is 1. The number of hydrogen-bond donors (Lipinski definition) is 2. The first-order valence-electron chi connectivity index (χ1n) is 6.91. The fourth-order valence-corrected chi connectivity index (χ4v) is 2.65. The lowest BCUT2D eigenvalue weighted by Gasteiger charge is -2.13. The molecular formula is C16H20N2O2. The number of hydrogen-bond acceptors (Lipinski definition) is 3. The van der Waals surface area contributed by atoms with Gasteiger partial charge in [0.1, 0.15) is 0 Å². The standard InChI is InChI=1S/C16H20N2O2/c1-2-9-18-15-8-7-13-6-5-12(11-14(13)15)4-3-10-20-16(17)19/h1,5-6,11,15,18H,3-4,7-10H2,(H2,17,19)/t15-/m1/s1. The van der Waals surface area contributed by atoms with E-state index in [-0.39, 0.29) is 0 Å². The summed E-state index contributed by atoms with van der Waals surface area (Å²) in [6.07, 6.45) is 8.45. The molecule has 0 saturated heterocycles. The molecule has 0 fully saturated rings. The smallest absolute Gasteiger partial charge is 0.404 e. The molecule has 1 aromatic rings.